The summed E-state index contributed by atoms with van der Waals surface area (Å²) in [4.78, 5) is 11.1. The van der Waals surface area contributed by atoms with Crippen LogP contribution in [0.1, 0.15) is 5.56 Å². The second kappa shape index (κ2) is 7.65. The number of thiophene rings is 1. The maximum Gasteiger partial charge on any atom is 0.274 e. The monoisotopic (exact) mass is 424 g/mol. The van der Waals surface area contributed by atoms with Crippen LogP contribution in [-0.4, -0.2) is 13.3 Å². The third-order valence-electron chi connectivity index (χ3n) is 4.49. The zero-order valence-corrected chi connectivity index (χ0v) is 16.8. The Hall–Kier alpha value is -3.23. The summed E-state index contributed by atoms with van der Waals surface area (Å²) in [7, 11) is -3.92. The molecule has 0 aliphatic heterocycles. The van der Waals surface area contributed by atoms with Crippen molar-refractivity contribution >= 4 is 42.1 Å². The van der Waals surface area contributed by atoms with Crippen LogP contribution in [0, 0.1) is 10.1 Å². The van der Waals surface area contributed by atoms with E-state index < -0.39 is 14.9 Å². The van der Waals surface area contributed by atoms with E-state index in [-0.39, 0.29) is 17.1 Å². The van der Waals surface area contributed by atoms with Crippen molar-refractivity contribution in [3.05, 3.63) is 101 Å². The van der Waals surface area contributed by atoms with E-state index in [4.69, 9.17) is 0 Å². The molecule has 0 saturated heterocycles. The number of nitro benzene ring substituents is 1. The number of benzene rings is 3. The first-order valence-corrected chi connectivity index (χ1v) is 11.0. The van der Waals surface area contributed by atoms with Crippen molar-refractivity contribution in [1.29, 1.82) is 0 Å². The second-order valence-electron chi connectivity index (χ2n) is 6.33. The van der Waals surface area contributed by atoms with Gasteiger partial charge >= 0.3 is 0 Å². The standard InChI is InChI=1S/C21H16N2O4S2/c24-23(25)19-12-6-4-9-17(19)15-22(29(26,27)18-10-2-1-3-11-18)21-14-16-8-5-7-13-20(16)28-21/h1-14H,15H2. The predicted molar refractivity (Wildman–Crippen MR) is 115 cm³/mol. The summed E-state index contributed by atoms with van der Waals surface area (Å²) in [5, 5.41) is 12.9. The molecule has 146 valence electrons. The Morgan fingerprint density at radius 3 is 2.28 bits per heavy atom. The van der Waals surface area contributed by atoms with Gasteiger partial charge in [-0.25, -0.2) is 8.42 Å². The van der Waals surface area contributed by atoms with Crippen LogP contribution < -0.4 is 4.31 Å². The van der Waals surface area contributed by atoms with Gasteiger partial charge in [0.25, 0.3) is 15.7 Å². The van der Waals surface area contributed by atoms with Crippen LogP contribution in [0.5, 0.6) is 0 Å². The van der Waals surface area contributed by atoms with Crippen molar-refractivity contribution in [2.75, 3.05) is 4.31 Å². The molecule has 4 aromatic rings. The molecule has 0 atom stereocenters. The molecule has 6 nitrogen and oxygen atoms in total. The van der Waals surface area contributed by atoms with Crippen LogP contribution in [0.2, 0.25) is 0 Å². The van der Waals surface area contributed by atoms with Gasteiger partial charge in [-0.2, -0.15) is 0 Å². The Morgan fingerprint density at radius 2 is 1.55 bits per heavy atom. The van der Waals surface area contributed by atoms with Gasteiger partial charge in [-0.05, 0) is 29.7 Å². The van der Waals surface area contributed by atoms with Crippen LogP contribution in [0.3, 0.4) is 0 Å². The van der Waals surface area contributed by atoms with E-state index in [0.29, 0.717) is 10.6 Å². The molecular formula is C21H16N2O4S2. The lowest BCUT2D eigenvalue weighted by Gasteiger charge is -2.23. The number of sulfonamides is 1. The fraction of sp³-hybridized carbons (Fsp3) is 0.0476. The molecule has 3 aromatic carbocycles. The highest BCUT2D eigenvalue weighted by Gasteiger charge is 2.28. The number of nitro groups is 1. The first-order valence-electron chi connectivity index (χ1n) is 8.75. The lowest BCUT2D eigenvalue weighted by molar-refractivity contribution is -0.385. The highest BCUT2D eigenvalue weighted by atomic mass is 32.2. The Balaban J connectivity index is 1.87. The molecular weight excluding hydrogens is 408 g/mol. The Bertz CT molecular complexity index is 1250. The first kappa shape index (κ1) is 19.1. The summed E-state index contributed by atoms with van der Waals surface area (Å²) in [5.74, 6) is 0. The summed E-state index contributed by atoms with van der Waals surface area (Å²) in [6, 6.07) is 23.7. The summed E-state index contributed by atoms with van der Waals surface area (Å²) in [6.07, 6.45) is 0. The van der Waals surface area contributed by atoms with E-state index >= 15 is 0 Å². The molecule has 29 heavy (non-hydrogen) atoms. The SMILES string of the molecule is O=[N+]([O-])c1ccccc1CN(c1cc2ccccc2s1)S(=O)(=O)c1ccccc1. The molecule has 0 unspecified atom stereocenters. The fourth-order valence-electron chi connectivity index (χ4n) is 3.07. The van der Waals surface area contributed by atoms with Gasteiger partial charge in [0.05, 0.1) is 21.9 Å². The first-order chi connectivity index (χ1) is 14.0. The average Bonchev–Trinajstić information content (AvgIpc) is 3.16. The quantitative estimate of drug-likeness (QED) is 0.314. The van der Waals surface area contributed by atoms with Crippen LogP contribution in [0.15, 0.2) is 89.8 Å². The van der Waals surface area contributed by atoms with Crippen LogP contribution >= 0.6 is 11.3 Å². The molecule has 8 heteroatoms. The topological polar surface area (TPSA) is 80.5 Å². The second-order valence-corrected chi connectivity index (χ2v) is 9.26. The largest absolute Gasteiger partial charge is 0.274 e. The lowest BCUT2D eigenvalue weighted by Crippen LogP contribution is -2.30. The molecule has 0 bridgehead atoms. The van der Waals surface area contributed by atoms with Gasteiger partial charge in [0, 0.05) is 10.8 Å². The minimum atomic E-state index is -3.92. The zero-order chi connectivity index (χ0) is 20.4. The highest BCUT2D eigenvalue weighted by molar-refractivity contribution is 7.93. The van der Waals surface area contributed by atoms with Crippen LogP contribution in [0.4, 0.5) is 10.7 Å². The normalized spacial score (nSPS) is 11.4. The summed E-state index contributed by atoms with van der Waals surface area (Å²) in [6.45, 7) is -0.138. The third-order valence-corrected chi connectivity index (χ3v) is 7.52. The molecule has 0 fully saturated rings. The highest BCUT2D eigenvalue weighted by Crippen LogP contribution is 2.37. The van der Waals surface area contributed by atoms with Crippen LogP contribution in [-0.2, 0) is 16.6 Å². The van der Waals surface area contributed by atoms with E-state index in [1.165, 1.54) is 33.8 Å². The van der Waals surface area contributed by atoms with Gasteiger partial charge in [-0.1, -0.05) is 54.6 Å². The van der Waals surface area contributed by atoms with E-state index in [1.807, 2.05) is 24.3 Å². The van der Waals surface area contributed by atoms with E-state index in [0.717, 1.165) is 10.1 Å². The minimum absolute atomic E-state index is 0.109. The van der Waals surface area contributed by atoms with E-state index in [9.17, 15) is 18.5 Å². The number of nitrogens with zero attached hydrogens (tertiary/aromatic N) is 2. The minimum Gasteiger partial charge on any atom is -0.258 e. The molecule has 4 rings (SSSR count). The number of fused-ring (bicyclic) bond motifs is 1. The van der Waals surface area contributed by atoms with E-state index in [2.05, 4.69) is 0 Å². The van der Waals surface area contributed by atoms with Crippen molar-refractivity contribution in [2.45, 2.75) is 11.4 Å². The Morgan fingerprint density at radius 1 is 0.897 bits per heavy atom. The predicted octanol–water partition coefficient (Wildman–Crippen LogP) is 5.21. The van der Waals surface area contributed by atoms with Crippen LogP contribution in [0.25, 0.3) is 10.1 Å². The van der Waals surface area contributed by atoms with Crippen molar-refractivity contribution in [3.8, 4) is 0 Å². The van der Waals surface area contributed by atoms with Crippen molar-refractivity contribution in [2.24, 2.45) is 0 Å². The number of hydrogen-bond acceptors (Lipinski definition) is 5. The van der Waals surface area contributed by atoms with Crippen molar-refractivity contribution in [1.82, 2.24) is 0 Å². The number of anilines is 1. The number of hydrogen-bond donors (Lipinski definition) is 0. The molecule has 1 aromatic heterocycles. The van der Waals surface area contributed by atoms with Crippen molar-refractivity contribution in [3.63, 3.8) is 0 Å². The van der Waals surface area contributed by atoms with Gasteiger partial charge in [-0.15, -0.1) is 11.3 Å². The van der Waals surface area contributed by atoms with Gasteiger partial charge < -0.3 is 0 Å². The number of para-hydroxylation sites is 1. The van der Waals surface area contributed by atoms with Gasteiger partial charge in [0.1, 0.15) is 5.00 Å². The molecule has 1 heterocycles. The molecule has 0 saturated carbocycles. The Labute approximate surface area is 171 Å². The summed E-state index contributed by atoms with van der Waals surface area (Å²) in [5.41, 5.74) is 0.219. The van der Waals surface area contributed by atoms with Gasteiger partial charge in [0.2, 0.25) is 0 Å². The summed E-state index contributed by atoms with van der Waals surface area (Å²) >= 11 is 1.34. The fourth-order valence-corrected chi connectivity index (χ4v) is 5.80. The Kier molecular flexibility index (Phi) is 5.04. The molecule has 0 aliphatic carbocycles. The van der Waals surface area contributed by atoms with Gasteiger partial charge in [0.15, 0.2) is 0 Å². The average molecular weight is 425 g/mol. The van der Waals surface area contributed by atoms with Gasteiger partial charge in [-0.3, -0.25) is 14.4 Å². The molecule has 0 amide bonds. The lowest BCUT2D eigenvalue weighted by atomic mass is 10.2. The molecule has 0 N–H and O–H groups in total. The summed E-state index contributed by atoms with van der Waals surface area (Å²) < 4.78 is 29.1. The maximum atomic E-state index is 13.5. The molecule has 0 aliphatic rings. The van der Waals surface area contributed by atoms with Crippen molar-refractivity contribution < 1.29 is 13.3 Å². The molecule has 0 radical (unpaired) electrons. The third kappa shape index (κ3) is 3.72. The smallest absolute Gasteiger partial charge is 0.258 e. The molecule has 0 spiro atoms. The van der Waals surface area contributed by atoms with E-state index in [1.54, 1.807) is 42.5 Å². The number of rotatable bonds is 6. The zero-order valence-electron chi connectivity index (χ0n) is 15.1. The maximum absolute atomic E-state index is 13.5.